The predicted octanol–water partition coefficient (Wildman–Crippen LogP) is 2.81. The second kappa shape index (κ2) is 4.70. The molecule has 0 fully saturated rings. The van der Waals surface area contributed by atoms with Gasteiger partial charge in [0.25, 0.3) is 0 Å². The van der Waals surface area contributed by atoms with E-state index in [9.17, 15) is 0 Å². The third-order valence-electron chi connectivity index (χ3n) is 1.22. The molecule has 0 unspecified atom stereocenters. The molecule has 1 aromatic rings. The quantitative estimate of drug-likeness (QED) is 0.598. The molecule has 0 spiro atoms. The SMILES string of the molecule is Cl.N=C(N)c1cc(Cl)ccc1Br. The third-order valence-corrected chi connectivity index (χ3v) is 2.15. The molecule has 2 nitrogen and oxygen atoms in total. The Morgan fingerprint density at radius 1 is 1.50 bits per heavy atom. The van der Waals surface area contributed by atoms with E-state index in [-0.39, 0.29) is 18.2 Å². The maximum atomic E-state index is 7.16. The fourth-order valence-electron chi connectivity index (χ4n) is 0.704. The molecule has 1 aromatic carbocycles. The first-order chi connectivity index (χ1) is 5.11. The average Bonchev–Trinajstić information content (AvgIpc) is 1.94. The molecule has 0 radical (unpaired) electrons. The molecule has 12 heavy (non-hydrogen) atoms. The summed E-state index contributed by atoms with van der Waals surface area (Å²) >= 11 is 8.94. The fraction of sp³-hybridized carbons (Fsp3) is 0. The van der Waals surface area contributed by atoms with Crippen LogP contribution in [0.2, 0.25) is 5.02 Å². The van der Waals surface area contributed by atoms with E-state index in [4.69, 9.17) is 22.7 Å². The third kappa shape index (κ3) is 2.66. The second-order valence-electron chi connectivity index (χ2n) is 2.04. The summed E-state index contributed by atoms with van der Waals surface area (Å²) in [6, 6.07) is 5.14. The van der Waals surface area contributed by atoms with Gasteiger partial charge in [-0.05, 0) is 18.2 Å². The first-order valence-corrected chi connectivity index (χ1v) is 4.08. The maximum absolute atomic E-state index is 7.16. The van der Waals surface area contributed by atoms with Crippen LogP contribution < -0.4 is 5.73 Å². The standard InChI is InChI=1S/C7H6BrClN2.ClH/c8-6-2-1-4(9)3-5(6)7(10)11;/h1-3H,(H3,10,11);1H. The average molecular weight is 270 g/mol. The van der Waals surface area contributed by atoms with E-state index in [0.717, 1.165) is 4.47 Å². The van der Waals surface area contributed by atoms with Crippen LogP contribution in [0, 0.1) is 5.41 Å². The fourth-order valence-corrected chi connectivity index (χ4v) is 1.34. The van der Waals surface area contributed by atoms with E-state index in [1.807, 2.05) is 0 Å². The second-order valence-corrected chi connectivity index (χ2v) is 3.33. The van der Waals surface area contributed by atoms with Crippen LogP contribution in [-0.4, -0.2) is 5.84 Å². The van der Waals surface area contributed by atoms with E-state index < -0.39 is 0 Å². The lowest BCUT2D eigenvalue weighted by Gasteiger charge is -2.01. The summed E-state index contributed by atoms with van der Waals surface area (Å²) in [4.78, 5) is 0. The number of halogens is 3. The van der Waals surface area contributed by atoms with Gasteiger partial charge in [-0.2, -0.15) is 0 Å². The Hall–Kier alpha value is -0.250. The molecule has 0 bridgehead atoms. The highest BCUT2D eigenvalue weighted by molar-refractivity contribution is 9.10. The zero-order valence-corrected chi connectivity index (χ0v) is 9.13. The molecule has 0 aliphatic carbocycles. The first kappa shape index (κ1) is 11.8. The molecule has 66 valence electrons. The number of nitrogen functional groups attached to an aromatic ring is 1. The highest BCUT2D eigenvalue weighted by atomic mass is 79.9. The van der Waals surface area contributed by atoms with Gasteiger partial charge < -0.3 is 5.73 Å². The molecule has 3 N–H and O–H groups in total. The lowest BCUT2D eigenvalue weighted by Crippen LogP contribution is -2.11. The van der Waals surface area contributed by atoms with E-state index >= 15 is 0 Å². The number of nitrogens with one attached hydrogen (secondary N) is 1. The number of hydrogen-bond acceptors (Lipinski definition) is 1. The minimum atomic E-state index is 0. The number of rotatable bonds is 1. The largest absolute Gasteiger partial charge is 0.384 e. The van der Waals surface area contributed by atoms with Gasteiger partial charge in [-0.3, -0.25) is 5.41 Å². The van der Waals surface area contributed by atoms with E-state index in [2.05, 4.69) is 15.9 Å². The summed E-state index contributed by atoms with van der Waals surface area (Å²) in [6.07, 6.45) is 0. The topological polar surface area (TPSA) is 49.9 Å². The van der Waals surface area contributed by atoms with Gasteiger partial charge in [0, 0.05) is 15.1 Å². The van der Waals surface area contributed by atoms with Crippen molar-refractivity contribution in [2.24, 2.45) is 5.73 Å². The Kier molecular flexibility index (Phi) is 4.60. The highest BCUT2D eigenvalue weighted by Crippen LogP contribution is 2.20. The van der Waals surface area contributed by atoms with Crippen LogP contribution in [0.5, 0.6) is 0 Å². The highest BCUT2D eigenvalue weighted by Gasteiger charge is 2.02. The molecule has 0 saturated carbocycles. The number of hydrogen-bond donors (Lipinski definition) is 2. The van der Waals surface area contributed by atoms with Gasteiger partial charge in [0.05, 0.1) is 0 Å². The van der Waals surface area contributed by atoms with Crippen LogP contribution in [0.1, 0.15) is 5.56 Å². The summed E-state index contributed by atoms with van der Waals surface area (Å²) in [7, 11) is 0. The lowest BCUT2D eigenvalue weighted by molar-refractivity contribution is 1.41. The monoisotopic (exact) mass is 268 g/mol. The molecule has 0 aliphatic rings. The Morgan fingerprint density at radius 2 is 2.08 bits per heavy atom. The van der Waals surface area contributed by atoms with Crippen LogP contribution in [0.15, 0.2) is 22.7 Å². The Labute approximate surface area is 90.1 Å². The van der Waals surface area contributed by atoms with Crippen LogP contribution in [0.25, 0.3) is 0 Å². The Balaban J connectivity index is 0.00000121. The smallest absolute Gasteiger partial charge is 0.123 e. The van der Waals surface area contributed by atoms with Crippen LogP contribution in [-0.2, 0) is 0 Å². The van der Waals surface area contributed by atoms with Gasteiger partial charge >= 0.3 is 0 Å². The molecule has 0 atom stereocenters. The normalized spacial score (nSPS) is 8.83. The molecule has 0 aliphatic heterocycles. The van der Waals surface area contributed by atoms with Gasteiger partial charge in [-0.1, -0.05) is 27.5 Å². The van der Waals surface area contributed by atoms with E-state index in [0.29, 0.717) is 10.6 Å². The van der Waals surface area contributed by atoms with Gasteiger partial charge in [0.2, 0.25) is 0 Å². The zero-order chi connectivity index (χ0) is 8.43. The first-order valence-electron chi connectivity index (χ1n) is 2.90. The summed E-state index contributed by atoms with van der Waals surface area (Å²) in [5.41, 5.74) is 5.90. The zero-order valence-electron chi connectivity index (χ0n) is 5.97. The summed E-state index contributed by atoms with van der Waals surface area (Å²) in [5, 5.41) is 7.74. The van der Waals surface area contributed by atoms with Crippen LogP contribution in [0.3, 0.4) is 0 Å². The van der Waals surface area contributed by atoms with Crippen molar-refractivity contribution in [2.75, 3.05) is 0 Å². The van der Waals surface area contributed by atoms with Crippen molar-refractivity contribution in [2.45, 2.75) is 0 Å². The van der Waals surface area contributed by atoms with Gasteiger partial charge in [0.15, 0.2) is 0 Å². The van der Waals surface area contributed by atoms with Crippen molar-refractivity contribution in [1.82, 2.24) is 0 Å². The van der Waals surface area contributed by atoms with E-state index in [1.165, 1.54) is 0 Å². The Bertz CT molecular complexity index is 301. The van der Waals surface area contributed by atoms with E-state index in [1.54, 1.807) is 18.2 Å². The lowest BCUT2D eigenvalue weighted by atomic mass is 10.2. The minimum absolute atomic E-state index is 0. The molecule has 1 rings (SSSR count). The Morgan fingerprint density at radius 3 is 2.50 bits per heavy atom. The minimum Gasteiger partial charge on any atom is -0.384 e. The molecule has 5 heteroatoms. The molecule has 0 aromatic heterocycles. The number of amidine groups is 1. The number of benzene rings is 1. The molecular weight excluding hydrogens is 263 g/mol. The molecule has 0 saturated heterocycles. The summed E-state index contributed by atoms with van der Waals surface area (Å²) < 4.78 is 0.786. The van der Waals surface area contributed by atoms with Gasteiger partial charge in [0.1, 0.15) is 5.84 Å². The molecular formula is C7H7BrCl2N2. The summed E-state index contributed by atoms with van der Waals surface area (Å²) in [6.45, 7) is 0. The van der Waals surface area contributed by atoms with Crippen molar-refractivity contribution in [3.8, 4) is 0 Å². The van der Waals surface area contributed by atoms with Crippen molar-refractivity contribution >= 4 is 45.8 Å². The van der Waals surface area contributed by atoms with Crippen molar-refractivity contribution < 1.29 is 0 Å². The van der Waals surface area contributed by atoms with Crippen molar-refractivity contribution in [3.63, 3.8) is 0 Å². The van der Waals surface area contributed by atoms with Gasteiger partial charge in [-0.15, -0.1) is 12.4 Å². The van der Waals surface area contributed by atoms with Crippen molar-refractivity contribution in [1.29, 1.82) is 5.41 Å². The molecule has 0 amide bonds. The molecule has 0 heterocycles. The van der Waals surface area contributed by atoms with Gasteiger partial charge in [-0.25, -0.2) is 0 Å². The van der Waals surface area contributed by atoms with Crippen LogP contribution in [0.4, 0.5) is 0 Å². The van der Waals surface area contributed by atoms with Crippen molar-refractivity contribution in [3.05, 3.63) is 33.3 Å². The summed E-state index contributed by atoms with van der Waals surface area (Å²) in [5.74, 6) is 0.0133. The van der Waals surface area contributed by atoms with Crippen LogP contribution >= 0.6 is 39.9 Å². The number of nitrogens with two attached hydrogens (primary N) is 1. The maximum Gasteiger partial charge on any atom is 0.123 e. The predicted molar refractivity (Wildman–Crippen MR) is 57.4 cm³/mol.